The average molecular weight is 257 g/mol. The van der Waals surface area contributed by atoms with E-state index >= 15 is 0 Å². The predicted molar refractivity (Wildman–Crippen MR) is 75.1 cm³/mol. The van der Waals surface area contributed by atoms with Crippen molar-refractivity contribution in [3.8, 4) is 0 Å². The van der Waals surface area contributed by atoms with Crippen LogP contribution in [0.4, 0.5) is 5.69 Å². The molecule has 0 unspecified atom stereocenters. The minimum absolute atomic E-state index is 0.0420. The molecule has 1 saturated heterocycles. The zero-order valence-corrected chi connectivity index (χ0v) is 11.0. The fraction of sp³-hybridized carbons (Fsp3) is 0.438. The second kappa shape index (κ2) is 5.17. The molecule has 19 heavy (non-hydrogen) atoms. The molecule has 1 aliphatic carbocycles. The second-order valence-electron chi connectivity index (χ2n) is 5.29. The first kappa shape index (κ1) is 12.4. The van der Waals surface area contributed by atoms with Crippen molar-refractivity contribution in [3.63, 3.8) is 0 Å². The van der Waals surface area contributed by atoms with Crippen LogP contribution in [0.3, 0.4) is 0 Å². The summed E-state index contributed by atoms with van der Waals surface area (Å²) >= 11 is 0. The van der Waals surface area contributed by atoms with E-state index in [0.29, 0.717) is 6.61 Å². The van der Waals surface area contributed by atoms with E-state index in [0.717, 1.165) is 18.5 Å². The number of rotatable bonds is 3. The van der Waals surface area contributed by atoms with Gasteiger partial charge in [0.25, 0.3) is 0 Å². The first-order valence-electron chi connectivity index (χ1n) is 6.95. The van der Waals surface area contributed by atoms with Gasteiger partial charge >= 0.3 is 0 Å². The molecule has 1 heterocycles. The van der Waals surface area contributed by atoms with E-state index in [1.807, 2.05) is 6.07 Å². The summed E-state index contributed by atoms with van der Waals surface area (Å²) in [7, 11) is 0. The molecule has 2 aliphatic rings. The molecule has 1 amide bonds. The van der Waals surface area contributed by atoms with Crippen LogP contribution in [-0.4, -0.2) is 18.6 Å². The fourth-order valence-corrected chi connectivity index (χ4v) is 3.01. The first-order chi connectivity index (χ1) is 9.28. The number of fused-ring (bicyclic) bond motifs is 1. The number of anilines is 1. The van der Waals surface area contributed by atoms with Gasteiger partial charge in [-0.2, -0.15) is 0 Å². The minimum Gasteiger partial charge on any atom is -0.373 e. The Morgan fingerprint density at radius 2 is 2.21 bits per heavy atom. The normalized spacial score (nSPS) is 25.1. The van der Waals surface area contributed by atoms with Gasteiger partial charge in [-0.3, -0.25) is 4.79 Å². The van der Waals surface area contributed by atoms with E-state index in [9.17, 15) is 4.79 Å². The molecule has 3 nitrogen and oxygen atoms in total. The van der Waals surface area contributed by atoms with Crippen molar-refractivity contribution in [1.29, 1.82) is 0 Å². The van der Waals surface area contributed by atoms with E-state index in [-0.39, 0.29) is 17.9 Å². The number of carbonyl (C=O) groups is 1. The second-order valence-corrected chi connectivity index (χ2v) is 5.29. The highest BCUT2D eigenvalue weighted by Crippen LogP contribution is 2.27. The van der Waals surface area contributed by atoms with Crippen molar-refractivity contribution in [2.75, 3.05) is 11.9 Å². The van der Waals surface area contributed by atoms with Crippen LogP contribution in [0.1, 0.15) is 24.0 Å². The lowest BCUT2D eigenvalue weighted by molar-refractivity contribution is -0.120. The Bertz CT molecular complexity index is 509. The lowest BCUT2D eigenvalue weighted by atomic mass is 10.0. The summed E-state index contributed by atoms with van der Waals surface area (Å²) in [5.41, 5.74) is 3.70. The Kier molecular flexibility index (Phi) is 3.38. The Morgan fingerprint density at radius 3 is 3.05 bits per heavy atom. The molecule has 3 heteroatoms. The van der Waals surface area contributed by atoms with E-state index in [2.05, 4.69) is 24.0 Å². The third kappa shape index (κ3) is 2.43. The van der Waals surface area contributed by atoms with E-state index in [1.165, 1.54) is 24.0 Å². The average Bonchev–Trinajstić information content (AvgIpc) is 3.06. The van der Waals surface area contributed by atoms with Crippen LogP contribution in [0.5, 0.6) is 0 Å². The van der Waals surface area contributed by atoms with Crippen LogP contribution in [0.25, 0.3) is 0 Å². The Morgan fingerprint density at radius 1 is 1.37 bits per heavy atom. The molecular formula is C16H19NO2. The standard InChI is InChI=1S/C16H19NO2/c1-2-15-14(8-9-19-15)16(18)17-13-7-6-11-4-3-5-12(11)10-13/h2,6-7,10,14-15H,1,3-5,8-9H2,(H,17,18)/t14-,15+/m1/s1. The topological polar surface area (TPSA) is 38.3 Å². The monoisotopic (exact) mass is 257 g/mol. The molecule has 0 spiro atoms. The van der Waals surface area contributed by atoms with Crippen molar-refractivity contribution < 1.29 is 9.53 Å². The van der Waals surface area contributed by atoms with Crippen LogP contribution in [0.2, 0.25) is 0 Å². The minimum atomic E-state index is -0.144. The largest absolute Gasteiger partial charge is 0.373 e. The molecule has 0 radical (unpaired) electrons. The maximum absolute atomic E-state index is 12.2. The van der Waals surface area contributed by atoms with Crippen molar-refractivity contribution in [1.82, 2.24) is 0 Å². The van der Waals surface area contributed by atoms with Gasteiger partial charge in [-0.25, -0.2) is 0 Å². The summed E-state index contributed by atoms with van der Waals surface area (Å²) in [4.78, 5) is 12.2. The van der Waals surface area contributed by atoms with E-state index in [4.69, 9.17) is 4.74 Å². The summed E-state index contributed by atoms with van der Waals surface area (Å²) < 4.78 is 5.47. The van der Waals surface area contributed by atoms with Crippen LogP contribution >= 0.6 is 0 Å². The van der Waals surface area contributed by atoms with Crippen LogP contribution in [0.15, 0.2) is 30.9 Å². The fourth-order valence-electron chi connectivity index (χ4n) is 3.01. The van der Waals surface area contributed by atoms with Gasteiger partial charge in [0.1, 0.15) is 0 Å². The van der Waals surface area contributed by atoms with Crippen molar-refractivity contribution in [2.45, 2.75) is 31.8 Å². The molecule has 3 rings (SSSR count). The van der Waals surface area contributed by atoms with Gasteiger partial charge in [0, 0.05) is 12.3 Å². The number of amides is 1. The summed E-state index contributed by atoms with van der Waals surface area (Å²) in [6, 6.07) is 6.24. The molecule has 1 fully saturated rings. The number of hydrogen-bond donors (Lipinski definition) is 1. The van der Waals surface area contributed by atoms with E-state index in [1.54, 1.807) is 6.08 Å². The third-order valence-electron chi connectivity index (χ3n) is 4.07. The molecule has 2 atom stereocenters. The summed E-state index contributed by atoms with van der Waals surface area (Å²) in [5.74, 6) is -0.0638. The molecular weight excluding hydrogens is 238 g/mol. The summed E-state index contributed by atoms with van der Waals surface area (Å²) in [5, 5.41) is 3.01. The maximum Gasteiger partial charge on any atom is 0.230 e. The molecule has 1 aromatic rings. The molecule has 1 aliphatic heterocycles. The molecule has 0 aromatic heterocycles. The zero-order chi connectivity index (χ0) is 13.2. The highest BCUT2D eigenvalue weighted by atomic mass is 16.5. The predicted octanol–water partition coefficient (Wildman–Crippen LogP) is 2.70. The van der Waals surface area contributed by atoms with Gasteiger partial charge in [-0.1, -0.05) is 12.1 Å². The molecule has 1 aromatic carbocycles. The van der Waals surface area contributed by atoms with Gasteiger partial charge in [-0.15, -0.1) is 6.58 Å². The molecule has 0 bridgehead atoms. The van der Waals surface area contributed by atoms with Gasteiger partial charge in [0.05, 0.1) is 12.0 Å². The van der Waals surface area contributed by atoms with Crippen LogP contribution < -0.4 is 5.32 Å². The lowest BCUT2D eigenvalue weighted by Crippen LogP contribution is -2.28. The highest BCUT2D eigenvalue weighted by Gasteiger charge is 2.32. The van der Waals surface area contributed by atoms with Gasteiger partial charge < -0.3 is 10.1 Å². The Hall–Kier alpha value is -1.61. The Balaban J connectivity index is 1.71. The van der Waals surface area contributed by atoms with Gasteiger partial charge in [0.15, 0.2) is 0 Å². The van der Waals surface area contributed by atoms with Crippen LogP contribution in [0, 0.1) is 5.92 Å². The summed E-state index contributed by atoms with van der Waals surface area (Å²) in [6.07, 6.45) is 5.86. The Labute approximate surface area is 113 Å². The summed E-state index contributed by atoms with van der Waals surface area (Å²) in [6.45, 7) is 4.36. The molecule has 1 N–H and O–H groups in total. The zero-order valence-electron chi connectivity index (χ0n) is 11.0. The molecule has 0 saturated carbocycles. The van der Waals surface area contributed by atoms with Crippen LogP contribution in [-0.2, 0) is 22.4 Å². The number of aryl methyl sites for hydroxylation is 2. The number of hydrogen-bond acceptors (Lipinski definition) is 2. The quantitative estimate of drug-likeness (QED) is 0.845. The maximum atomic E-state index is 12.2. The number of carbonyl (C=O) groups excluding carboxylic acids is 1. The SMILES string of the molecule is C=C[C@@H]1OCC[C@H]1C(=O)Nc1ccc2c(c1)CCC2. The molecule has 100 valence electrons. The number of ether oxygens (including phenoxy) is 1. The lowest BCUT2D eigenvalue weighted by Gasteiger charge is -2.15. The van der Waals surface area contributed by atoms with Crippen molar-refractivity contribution >= 4 is 11.6 Å². The van der Waals surface area contributed by atoms with E-state index < -0.39 is 0 Å². The number of nitrogens with one attached hydrogen (secondary N) is 1. The smallest absolute Gasteiger partial charge is 0.230 e. The van der Waals surface area contributed by atoms with Crippen molar-refractivity contribution in [2.24, 2.45) is 5.92 Å². The number of benzene rings is 1. The van der Waals surface area contributed by atoms with Gasteiger partial charge in [0.2, 0.25) is 5.91 Å². The van der Waals surface area contributed by atoms with Gasteiger partial charge in [-0.05, 0) is 48.9 Å². The van der Waals surface area contributed by atoms with Crippen molar-refractivity contribution in [3.05, 3.63) is 42.0 Å². The third-order valence-corrected chi connectivity index (χ3v) is 4.07. The highest BCUT2D eigenvalue weighted by molar-refractivity contribution is 5.93. The first-order valence-corrected chi connectivity index (χ1v) is 6.95.